The van der Waals surface area contributed by atoms with Gasteiger partial charge in [0, 0.05) is 29.8 Å². The van der Waals surface area contributed by atoms with E-state index in [1.807, 2.05) is 0 Å². The van der Waals surface area contributed by atoms with Crippen LogP contribution < -0.4 is 5.32 Å². The third-order valence-corrected chi connectivity index (χ3v) is 4.49. The number of benzene rings is 1. The predicted octanol–water partition coefficient (Wildman–Crippen LogP) is 3.42. The number of ether oxygens (including phenoxy) is 2. The van der Waals surface area contributed by atoms with Crippen LogP contribution in [0.25, 0.3) is 0 Å². The monoisotopic (exact) mass is 375 g/mol. The van der Waals surface area contributed by atoms with Gasteiger partial charge in [0.1, 0.15) is 0 Å². The Labute approximate surface area is 138 Å². The molecule has 1 aromatic carbocycles. The van der Waals surface area contributed by atoms with E-state index in [4.69, 9.17) is 21.1 Å². The number of halogens is 2. The third-order valence-electron chi connectivity index (χ3n) is 3.26. The molecule has 1 atom stereocenters. The summed E-state index contributed by atoms with van der Waals surface area (Å²) in [5.41, 5.74) is 0.559. The van der Waals surface area contributed by atoms with Gasteiger partial charge in [-0.1, -0.05) is 11.6 Å². The van der Waals surface area contributed by atoms with E-state index in [2.05, 4.69) is 21.2 Å². The van der Waals surface area contributed by atoms with Crippen molar-refractivity contribution in [3.8, 4) is 0 Å². The quantitative estimate of drug-likeness (QED) is 0.742. The zero-order valence-corrected chi connectivity index (χ0v) is 14.1. The van der Waals surface area contributed by atoms with E-state index < -0.39 is 0 Å². The Morgan fingerprint density at radius 1 is 1.52 bits per heavy atom. The molecule has 2 rings (SSSR count). The Hall–Kier alpha value is -0.620. The SMILES string of the molecule is O=C(NCCCOCC1CCCO1)c1ccc(Br)c(Cl)c1. The Morgan fingerprint density at radius 2 is 2.38 bits per heavy atom. The Balaban J connectivity index is 1.59. The maximum atomic E-state index is 11.9. The summed E-state index contributed by atoms with van der Waals surface area (Å²) < 4.78 is 11.8. The summed E-state index contributed by atoms with van der Waals surface area (Å²) in [5.74, 6) is -0.122. The molecule has 0 aromatic heterocycles. The lowest BCUT2D eigenvalue weighted by molar-refractivity contribution is 0.0166. The first kappa shape index (κ1) is 16.7. The first-order chi connectivity index (χ1) is 10.2. The smallest absolute Gasteiger partial charge is 0.251 e. The Bertz CT molecular complexity index is 478. The molecule has 1 aliphatic heterocycles. The van der Waals surface area contributed by atoms with Crippen molar-refractivity contribution in [2.75, 3.05) is 26.4 Å². The standard InChI is InChI=1S/C15H19BrClNO3/c16-13-5-4-11(9-14(13)17)15(19)18-6-2-7-20-10-12-3-1-8-21-12/h4-5,9,12H,1-3,6-8,10H2,(H,18,19). The molecule has 116 valence electrons. The minimum absolute atomic E-state index is 0.122. The maximum Gasteiger partial charge on any atom is 0.251 e. The summed E-state index contributed by atoms with van der Waals surface area (Å²) >= 11 is 9.26. The van der Waals surface area contributed by atoms with Gasteiger partial charge in [-0.3, -0.25) is 4.79 Å². The fourth-order valence-electron chi connectivity index (χ4n) is 2.11. The second-order valence-corrected chi connectivity index (χ2v) is 6.21. The van der Waals surface area contributed by atoms with Crippen molar-refractivity contribution in [3.05, 3.63) is 33.3 Å². The average molecular weight is 377 g/mol. The van der Waals surface area contributed by atoms with Crippen molar-refractivity contribution in [1.82, 2.24) is 5.32 Å². The van der Waals surface area contributed by atoms with Gasteiger partial charge in [-0.15, -0.1) is 0 Å². The second kappa shape index (κ2) is 8.73. The Morgan fingerprint density at radius 3 is 3.10 bits per heavy atom. The highest BCUT2D eigenvalue weighted by Gasteiger charge is 2.15. The topological polar surface area (TPSA) is 47.6 Å². The van der Waals surface area contributed by atoms with Crippen LogP contribution in [0.15, 0.2) is 22.7 Å². The summed E-state index contributed by atoms with van der Waals surface area (Å²) in [6.07, 6.45) is 3.24. The van der Waals surface area contributed by atoms with Crippen LogP contribution in [0.1, 0.15) is 29.6 Å². The lowest BCUT2D eigenvalue weighted by Gasteiger charge is -2.10. The van der Waals surface area contributed by atoms with Gasteiger partial charge >= 0.3 is 0 Å². The highest BCUT2D eigenvalue weighted by Crippen LogP contribution is 2.23. The minimum Gasteiger partial charge on any atom is -0.379 e. The van der Waals surface area contributed by atoms with E-state index in [9.17, 15) is 4.79 Å². The first-order valence-corrected chi connectivity index (χ1v) is 8.26. The number of nitrogens with one attached hydrogen (secondary N) is 1. The molecule has 1 N–H and O–H groups in total. The second-order valence-electron chi connectivity index (χ2n) is 4.95. The molecule has 0 spiro atoms. The van der Waals surface area contributed by atoms with E-state index in [0.717, 1.165) is 30.3 Å². The fraction of sp³-hybridized carbons (Fsp3) is 0.533. The van der Waals surface area contributed by atoms with Crippen LogP contribution in [-0.4, -0.2) is 38.4 Å². The number of hydrogen-bond acceptors (Lipinski definition) is 3. The summed E-state index contributed by atoms with van der Waals surface area (Å²) in [5, 5.41) is 3.38. The van der Waals surface area contributed by atoms with Crippen LogP contribution >= 0.6 is 27.5 Å². The molecular formula is C15H19BrClNO3. The molecule has 0 aliphatic carbocycles. The largest absolute Gasteiger partial charge is 0.379 e. The van der Waals surface area contributed by atoms with Crippen LogP contribution in [0.2, 0.25) is 5.02 Å². The molecule has 1 heterocycles. The maximum absolute atomic E-state index is 11.9. The minimum atomic E-state index is -0.122. The number of carbonyl (C=O) groups excluding carboxylic acids is 1. The van der Waals surface area contributed by atoms with Gasteiger partial charge in [-0.05, 0) is 53.4 Å². The molecule has 0 bridgehead atoms. The Kier molecular flexibility index (Phi) is 6.96. The molecule has 0 saturated carbocycles. The van der Waals surface area contributed by atoms with Crippen LogP contribution in [0.5, 0.6) is 0 Å². The predicted molar refractivity (Wildman–Crippen MR) is 85.9 cm³/mol. The highest BCUT2D eigenvalue weighted by atomic mass is 79.9. The molecule has 1 unspecified atom stereocenters. The lowest BCUT2D eigenvalue weighted by Crippen LogP contribution is -2.25. The van der Waals surface area contributed by atoms with E-state index in [0.29, 0.717) is 30.3 Å². The molecule has 21 heavy (non-hydrogen) atoms. The molecular weight excluding hydrogens is 358 g/mol. The van der Waals surface area contributed by atoms with Gasteiger partial charge in [-0.25, -0.2) is 0 Å². The van der Waals surface area contributed by atoms with Crippen LogP contribution in [0.3, 0.4) is 0 Å². The zero-order valence-electron chi connectivity index (χ0n) is 11.7. The van der Waals surface area contributed by atoms with E-state index in [1.165, 1.54) is 0 Å². The fourth-order valence-corrected chi connectivity index (χ4v) is 2.53. The lowest BCUT2D eigenvalue weighted by atomic mass is 10.2. The molecule has 1 amide bonds. The van der Waals surface area contributed by atoms with Gasteiger partial charge in [0.25, 0.3) is 5.91 Å². The van der Waals surface area contributed by atoms with Crippen molar-refractivity contribution in [1.29, 1.82) is 0 Å². The molecule has 6 heteroatoms. The molecule has 1 aromatic rings. The van der Waals surface area contributed by atoms with E-state index >= 15 is 0 Å². The van der Waals surface area contributed by atoms with Crippen LogP contribution in [0.4, 0.5) is 0 Å². The summed E-state index contributed by atoms with van der Waals surface area (Å²) in [6, 6.07) is 5.15. The third kappa shape index (κ3) is 5.58. The molecule has 4 nitrogen and oxygen atoms in total. The molecule has 1 saturated heterocycles. The molecule has 0 radical (unpaired) electrons. The van der Waals surface area contributed by atoms with Crippen molar-refractivity contribution < 1.29 is 14.3 Å². The van der Waals surface area contributed by atoms with Gasteiger partial charge in [0.05, 0.1) is 17.7 Å². The van der Waals surface area contributed by atoms with E-state index in [-0.39, 0.29) is 12.0 Å². The number of hydrogen-bond donors (Lipinski definition) is 1. The van der Waals surface area contributed by atoms with Crippen molar-refractivity contribution in [2.45, 2.75) is 25.4 Å². The van der Waals surface area contributed by atoms with Crippen molar-refractivity contribution in [2.24, 2.45) is 0 Å². The molecule has 1 fully saturated rings. The average Bonchev–Trinajstić information content (AvgIpc) is 2.98. The zero-order chi connectivity index (χ0) is 15.1. The van der Waals surface area contributed by atoms with Crippen LogP contribution in [-0.2, 0) is 9.47 Å². The highest BCUT2D eigenvalue weighted by molar-refractivity contribution is 9.10. The van der Waals surface area contributed by atoms with Crippen molar-refractivity contribution >= 4 is 33.4 Å². The molecule has 1 aliphatic rings. The first-order valence-electron chi connectivity index (χ1n) is 7.09. The van der Waals surface area contributed by atoms with Gasteiger partial charge in [-0.2, -0.15) is 0 Å². The van der Waals surface area contributed by atoms with Gasteiger partial charge in [0.2, 0.25) is 0 Å². The summed E-state index contributed by atoms with van der Waals surface area (Å²) in [4.78, 5) is 11.9. The summed E-state index contributed by atoms with van der Waals surface area (Å²) in [7, 11) is 0. The number of carbonyl (C=O) groups is 1. The normalized spacial score (nSPS) is 17.9. The van der Waals surface area contributed by atoms with Gasteiger partial charge in [0.15, 0.2) is 0 Å². The van der Waals surface area contributed by atoms with Gasteiger partial charge < -0.3 is 14.8 Å². The number of amides is 1. The van der Waals surface area contributed by atoms with E-state index in [1.54, 1.807) is 18.2 Å². The van der Waals surface area contributed by atoms with Crippen LogP contribution in [0, 0.1) is 0 Å². The number of rotatable bonds is 7. The summed E-state index contributed by atoms with van der Waals surface area (Å²) in [6.45, 7) is 2.70. The van der Waals surface area contributed by atoms with Crippen molar-refractivity contribution in [3.63, 3.8) is 0 Å².